The SMILES string of the molecule is CCC1COCCN1C(=O)N(CC)CC. The largest absolute Gasteiger partial charge is 0.377 e. The Bertz CT molecular complexity index is 205. The van der Waals surface area contributed by atoms with E-state index in [0.717, 1.165) is 26.1 Å². The van der Waals surface area contributed by atoms with Gasteiger partial charge in [0.15, 0.2) is 0 Å². The first-order valence-electron chi connectivity index (χ1n) is 5.87. The van der Waals surface area contributed by atoms with E-state index in [4.69, 9.17) is 4.74 Å². The molecule has 0 saturated carbocycles. The van der Waals surface area contributed by atoms with E-state index in [0.29, 0.717) is 13.2 Å². The van der Waals surface area contributed by atoms with Crippen LogP contribution in [0.1, 0.15) is 27.2 Å². The summed E-state index contributed by atoms with van der Waals surface area (Å²) in [5, 5.41) is 0. The van der Waals surface area contributed by atoms with Crippen molar-refractivity contribution in [3.8, 4) is 0 Å². The van der Waals surface area contributed by atoms with Crippen molar-refractivity contribution in [2.45, 2.75) is 33.2 Å². The fourth-order valence-electron chi connectivity index (χ4n) is 1.92. The smallest absolute Gasteiger partial charge is 0.320 e. The molecule has 0 aromatic carbocycles. The lowest BCUT2D eigenvalue weighted by Crippen LogP contribution is -2.53. The molecule has 1 rings (SSSR count). The molecule has 1 atom stereocenters. The van der Waals surface area contributed by atoms with Crippen LogP contribution in [0.25, 0.3) is 0 Å². The summed E-state index contributed by atoms with van der Waals surface area (Å²) in [6.45, 7) is 9.78. The summed E-state index contributed by atoms with van der Waals surface area (Å²) in [7, 11) is 0. The molecule has 0 bridgehead atoms. The fourth-order valence-corrected chi connectivity index (χ4v) is 1.92. The van der Waals surface area contributed by atoms with Crippen molar-refractivity contribution in [1.29, 1.82) is 0 Å². The highest BCUT2D eigenvalue weighted by molar-refractivity contribution is 5.74. The van der Waals surface area contributed by atoms with Crippen LogP contribution in [0.2, 0.25) is 0 Å². The van der Waals surface area contributed by atoms with Gasteiger partial charge >= 0.3 is 6.03 Å². The van der Waals surface area contributed by atoms with E-state index in [1.807, 2.05) is 23.6 Å². The van der Waals surface area contributed by atoms with Crippen molar-refractivity contribution in [3.63, 3.8) is 0 Å². The van der Waals surface area contributed by atoms with Crippen molar-refractivity contribution < 1.29 is 9.53 Å². The van der Waals surface area contributed by atoms with Gasteiger partial charge in [-0.05, 0) is 20.3 Å². The second-order valence-corrected chi connectivity index (χ2v) is 3.79. The molecule has 4 nitrogen and oxygen atoms in total. The van der Waals surface area contributed by atoms with Crippen LogP contribution in [0.5, 0.6) is 0 Å². The molecule has 1 unspecified atom stereocenters. The molecular formula is C11H22N2O2. The Morgan fingerprint density at radius 1 is 1.40 bits per heavy atom. The first kappa shape index (κ1) is 12.3. The topological polar surface area (TPSA) is 32.8 Å². The molecule has 0 aliphatic carbocycles. The Kier molecular flexibility index (Phi) is 4.88. The van der Waals surface area contributed by atoms with Crippen LogP contribution >= 0.6 is 0 Å². The molecule has 1 saturated heterocycles. The number of ether oxygens (including phenoxy) is 1. The number of carbonyl (C=O) groups excluding carboxylic acids is 1. The molecule has 0 aromatic rings. The maximum absolute atomic E-state index is 12.1. The predicted molar refractivity (Wildman–Crippen MR) is 59.9 cm³/mol. The third kappa shape index (κ3) is 2.84. The van der Waals surface area contributed by atoms with Gasteiger partial charge in [-0.1, -0.05) is 6.92 Å². The van der Waals surface area contributed by atoms with Gasteiger partial charge in [-0.2, -0.15) is 0 Å². The first-order valence-corrected chi connectivity index (χ1v) is 5.87. The Morgan fingerprint density at radius 3 is 2.60 bits per heavy atom. The third-order valence-corrected chi connectivity index (χ3v) is 2.98. The second kappa shape index (κ2) is 5.95. The van der Waals surface area contributed by atoms with E-state index in [9.17, 15) is 4.79 Å². The van der Waals surface area contributed by atoms with Gasteiger partial charge in [0.1, 0.15) is 0 Å². The summed E-state index contributed by atoms with van der Waals surface area (Å²) in [4.78, 5) is 15.9. The molecule has 4 heteroatoms. The highest BCUT2D eigenvalue weighted by atomic mass is 16.5. The molecule has 1 aliphatic rings. The molecule has 0 spiro atoms. The molecule has 0 N–H and O–H groups in total. The van der Waals surface area contributed by atoms with E-state index in [2.05, 4.69) is 6.92 Å². The molecule has 0 aromatic heterocycles. The monoisotopic (exact) mass is 214 g/mol. The summed E-state index contributed by atoms with van der Waals surface area (Å²) in [6.07, 6.45) is 0.965. The Hall–Kier alpha value is -0.770. The molecule has 1 aliphatic heterocycles. The number of rotatable bonds is 3. The van der Waals surface area contributed by atoms with Gasteiger partial charge in [-0.3, -0.25) is 0 Å². The number of amides is 2. The van der Waals surface area contributed by atoms with Gasteiger partial charge < -0.3 is 14.5 Å². The van der Waals surface area contributed by atoms with E-state index in [-0.39, 0.29) is 12.1 Å². The van der Waals surface area contributed by atoms with Gasteiger partial charge in [-0.15, -0.1) is 0 Å². The summed E-state index contributed by atoms with van der Waals surface area (Å²) in [5.41, 5.74) is 0. The number of nitrogens with zero attached hydrogens (tertiary/aromatic N) is 2. The third-order valence-electron chi connectivity index (χ3n) is 2.98. The van der Waals surface area contributed by atoms with Crippen LogP contribution in [0.3, 0.4) is 0 Å². The van der Waals surface area contributed by atoms with Crippen LogP contribution in [0.4, 0.5) is 4.79 Å². The Balaban J connectivity index is 2.62. The maximum Gasteiger partial charge on any atom is 0.320 e. The standard InChI is InChI=1S/C11H22N2O2/c1-4-10-9-15-8-7-13(10)11(14)12(5-2)6-3/h10H,4-9H2,1-3H3. The van der Waals surface area contributed by atoms with Crippen LogP contribution in [-0.2, 0) is 4.74 Å². The summed E-state index contributed by atoms with van der Waals surface area (Å²) in [6, 6.07) is 0.419. The van der Waals surface area contributed by atoms with Crippen LogP contribution in [-0.4, -0.2) is 54.7 Å². The van der Waals surface area contributed by atoms with E-state index in [1.165, 1.54) is 0 Å². The summed E-state index contributed by atoms with van der Waals surface area (Å²) in [5.74, 6) is 0. The highest BCUT2D eigenvalue weighted by Gasteiger charge is 2.28. The Morgan fingerprint density at radius 2 is 2.07 bits per heavy atom. The first-order chi connectivity index (χ1) is 7.24. The van der Waals surface area contributed by atoms with Crippen LogP contribution in [0, 0.1) is 0 Å². The minimum atomic E-state index is 0.162. The van der Waals surface area contributed by atoms with Gasteiger partial charge in [0.05, 0.1) is 19.3 Å². The number of hydrogen-bond acceptors (Lipinski definition) is 2. The maximum atomic E-state index is 12.1. The van der Waals surface area contributed by atoms with Crippen molar-refractivity contribution in [1.82, 2.24) is 9.80 Å². The quantitative estimate of drug-likeness (QED) is 0.714. The summed E-state index contributed by atoms with van der Waals surface area (Å²) >= 11 is 0. The molecule has 1 heterocycles. The predicted octanol–water partition coefficient (Wildman–Crippen LogP) is 1.56. The Labute approximate surface area is 92.2 Å². The van der Waals surface area contributed by atoms with Crippen molar-refractivity contribution in [3.05, 3.63) is 0 Å². The van der Waals surface area contributed by atoms with Gasteiger partial charge in [-0.25, -0.2) is 4.79 Å². The lowest BCUT2D eigenvalue weighted by atomic mass is 10.2. The molecular weight excluding hydrogens is 192 g/mol. The van der Waals surface area contributed by atoms with Gasteiger partial charge in [0.2, 0.25) is 0 Å². The van der Waals surface area contributed by atoms with Crippen LogP contribution in [0.15, 0.2) is 0 Å². The van der Waals surface area contributed by atoms with E-state index >= 15 is 0 Å². The lowest BCUT2D eigenvalue weighted by molar-refractivity contribution is 0.00350. The number of carbonyl (C=O) groups is 1. The molecule has 2 amide bonds. The van der Waals surface area contributed by atoms with Crippen LogP contribution < -0.4 is 0 Å². The van der Waals surface area contributed by atoms with Gasteiger partial charge in [0.25, 0.3) is 0 Å². The number of hydrogen-bond donors (Lipinski definition) is 0. The molecule has 15 heavy (non-hydrogen) atoms. The second-order valence-electron chi connectivity index (χ2n) is 3.79. The number of morpholine rings is 1. The van der Waals surface area contributed by atoms with Crippen molar-refractivity contribution >= 4 is 6.03 Å². The van der Waals surface area contributed by atoms with Gasteiger partial charge in [0, 0.05) is 19.6 Å². The highest BCUT2D eigenvalue weighted by Crippen LogP contribution is 2.12. The molecule has 0 radical (unpaired) electrons. The van der Waals surface area contributed by atoms with Crippen molar-refractivity contribution in [2.24, 2.45) is 0 Å². The zero-order chi connectivity index (χ0) is 11.3. The average molecular weight is 214 g/mol. The molecule has 1 fully saturated rings. The normalized spacial score (nSPS) is 21.5. The molecule has 88 valence electrons. The van der Waals surface area contributed by atoms with E-state index < -0.39 is 0 Å². The van der Waals surface area contributed by atoms with Crippen molar-refractivity contribution in [2.75, 3.05) is 32.8 Å². The lowest BCUT2D eigenvalue weighted by Gasteiger charge is -2.38. The zero-order valence-electron chi connectivity index (χ0n) is 10.0. The minimum absolute atomic E-state index is 0.162. The minimum Gasteiger partial charge on any atom is -0.377 e. The fraction of sp³-hybridized carbons (Fsp3) is 0.909. The average Bonchev–Trinajstić information content (AvgIpc) is 2.30. The number of urea groups is 1. The summed E-state index contributed by atoms with van der Waals surface area (Å²) < 4.78 is 5.39. The van der Waals surface area contributed by atoms with E-state index in [1.54, 1.807) is 0 Å². The zero-order valence-corrected chi connectivity index (χ0v) is 10.0.